The van der Waals surface area contributed by atoms with Crippen LogP contribution in [0.25, 0.3) is 0 Å². The summed E-state index contributed by atoms with van der Waals surface area (Å²) in [7, 11) is 0. The molecule has 1 heterocycles. The van der Waals surface area contributed by atoms with E-state index in [2.05, 4.69) is 28.2 Å². The standard InChI is InChI=1S/C21H28N4O/c1-2-25(16-14-17-7-5-6-15-22-17)21(23-18-8-3-4-9-18)24-19-10-12-20(26)13-11-19/h5-7,10-13,15,18,26H,2-4,8-9,14,16H2,1H3,(H,23,24). The van der Waals surface area contributed by atoms with Gasteiger partial charge in [0.25, 0.3) is 0 Å². The highest BCUT2D eigenvalue weighted by atomic mass is 16.3. The van der Waals surface area contributed by atoms with E-state index in [9.17, 15) is 5.11 Å². The first-order valence-corrected chi connectivity index (χ1v) is 9.53. The Balaban J connectivity index is 1.74. The summed E-state index contributed by atoms with van der Waals surface area (Å²) < 4.78 is 0. The number of nitrogens with zero attached hydrogens (tertiary/aromatic N) is 3. The van der Waals surface area contributed by atoms with Crippen molar-refractivity contribution in [3.63, 3.8) is 0 Å². The number of hydrogen-bond donors (Lipinski definition) is 2. The molecule has 1 aromatic carbocycles. The molecule has 0 aliphatic heterocycles. The summed E-state index contributed by atoms with van der Waals surface area (Å²) in [6, 6.07) is 13.6. The lowest BCUT2D eigenvalue weighted by molar-refractivity contribution is 0.436. The molecule has 138 valence electrons. The zero-order valence-corrected chi connectivity index (χ0v) is 15.4. The molecule has 0 unspecified atom stereocenters. The van der Waals surface area contributed by atoms with Gasteiger partial charge in [-0.3, -0.25) is 4.98 Å². The first kappa shape index (κ1) is 18.2. The minimum Gasteiger partial charge on any atom is -0.508 e. The highest BCUT2D eigenvalue weighted by Crippen LogP contribution is 2.22. The van der Waals surface area contributed by atoms with E-state index >= 15 is 0 Å². The first-order valence-electron chi connectivity index (χ1n) is 9.53. The normalized spacial score (nSPS) is 15.2. The van der Waals surface area contributed by atoms with Gasteiger partial charge in [0.1, 0.15) is 5.75 Å². The minimum absolute atomic E-state index is 0.271. The molecule has 0 atom stereocenters. The Morgan fingerprint density at radius 1 is 1.19 bits per heavy atom. The van der Waals surface area contributed by atoms with Crippen LogP contribution in [0.2, 0.25) is 0 Å². The van der Waals surface area contributed by atoms with Gasteiger partial charge in [0.2, 0.25) is 0 Å². The summed E-state index contributed by atoms with van der Waals surface area (Å²) in [6.07, 6.45) is 7.59. The molecule has 0 saturated heterocycles. The zero-order chi connectivity index (χ0) is 18.2. The molecule has 26 heavy (non-hydrogen) atoms. The van der Waals surface area contributed by atoms with Gasteiger partial charge in [-0.25, -0.2) is 4.99 Å². The number of likely N-dealkylation sites (N-methyl/N-ethyl adjacent to an activating group) is 1. The fourth-order valence-corrected chi connectivity index (χ4v) is 3.28. The van der Waals surface area contributed by atoms with Crippen molar-refractivity contribution < 1.29 is 5.11 Å². The number of pyridine rings is 1. The lowest BCUT2D eigenvalue weighted by Crippen LogP contribution is -2.38. The molecular weight excluding hydrogens is 324 g/mol. The van der Waals surface area contributed by atoms with Crippen LogP contribution in [0.15, 0.2) is 53.7 Å². The van der Waals surface area contributed by atoms with Gasteiger partial charge in [0, 0.05) is 37.1 Å². The van der Waals surface area contributed by atoms with E-state index in [1.807, 2.05) is 30.5 Å². The van der Waals surface area contributed by atoms with E-state index in [-0.39, 0.29) is 5.75 Å². The van der Waals surface area contributed by atoms with Gasteiger partial charge >= 0.3 is 0 Å². The van der Waals surface area contributed by atoms with Crippen molar-refractivity contribution in [2.45, 2.75) is 45.1 Å². The maximum Gasteiger partial charge on any atom is 0.198 e. The van der Waals surface area contributed by atoms with Gasteiger partial charge in [-0.15, -0.1) is 0 Å². The molecule has 2 N–H and O–H groups in total. The van der Waals surface area contributed by atoms with Gasteiger partial charge in [0.15, 0.2) is 5.96 Å². The van der Waals surface area contributed by atoms with Gasteiger partial charge in [-0.2, -0.15) is 0 Å². The second kappa shape index (κ2) is 9.22. The van der Waals surface area contributed by atoms with Crippen molar-refractivity contribution in [3.8, 4) is 5.75 Å². The summed E-state index contributed by atoms with van der Waals surface area (Å²) in [5, 5.41) is 13.0. The molecule has 0 amide bonds. The summed E-state index contributed by atoms with van der Waals surface area (Å²) in [4.78, 5) is 11.7. The Morgan fingerprint density at radius 3 is 2.62 bits per heavy atom. The fraction of sp³-hybridized carbons (Fsp3) is 0.429. The Labute approximate surface area is 155 Å². The van der Waals surface area contributed by atoms with E-state index in [1.165, 1.54) is 25.7 Å². The third-order valence-corrected chi connectivity index (χ3v) is 4.80. The molecule has 2 aromatic rings. The maximum atomic E-state index is 9.51. The van der Waals surface area contributed by atoms with Crippen LogP contribution < -0.4 is 5.32 Å². The third-order valence-electron chi connectivity index (χ3n) is 4.80. The topological polar surface area (TPSA) is 60.8 Å². The van der Waals surface area contributed by atoms with E-state index < -0.39 is 0 Å². The number of aromatic nitrogens is 1. The van der Waals surface area contributed by atoms with Crippen LogP contribution in [0.3, 0.4) is 0 Å². The number of aromatic hydroxyl groups is 1. The van der Waals surface area contributed by atoms with Crippen LogP contribution in [-0.2, 0) is 6.42 Å². The Kier molecular flexibility index (Phi) is 6.47. The summed E-state index contributed by atoms with van der Waals surface area (Å²) in [5.74, 6) is 1.19. The Hall–Kier alpha value is -2.56. The maximum absolute atomic E-state index is 9.51. The quantitative estimate of drug-likeness (QED) is 0.467. The number of rotatable bonds is 6. The third kappa shape index (κ3) is 5.22. The lowest BCUT2D eigenvalue weighted by atomic mass is 10.2. The van der Waals surface area contributed by atoms with E-state index in [4.69, 9.17) is 4.99 Å². The van der Waals surface area contributed by atoms with Gasteiger partial charge < -0.3 is 15.3 Å². The highest BCUT2D eigenvalue weighted by Gasteiger charge is 2.18. The number of hydrogen-bond acceptors (Lipinski definition) is 3. The molecular formula is C21H28N4O. The molecule has 0 radical (unpaired) electrons. The molecule has 0 bridgehead atoms. The number of nitrogens with one attached hydrogen (secondary N) is 1. The van der Waals surface area contributed by atoms with Crippen LogP contribution in [0, 0.1) is 0 Å². The minimum atomic E-state index is 0.271. The van der Waals surface area contributed by atoms with Crippen molar-refractivity contribution in [1.29, 1.82) is 0 Å². The van der Waals surface area contributed by atoms with E-state index in [0.29, 0.717) is 6.04 Å². The molecule has 1 fully saturated rings. The highest BCUT2D eigenvalue weighted by molar-refractivity contribution is 5.93. The second-order valence-electron chi connectivity index (χ2n) is 6.71. The summed E-state index contributed by atoms with van der Waals surface area (Å²) >= 11 is 0. The average molecular weight is 352 g/mol. The predicted octanol–water partition coefficient (Wildman–Crippen LogP) is 4.06. The van der Waals surface area contributed by atoms with Crippen LogP contribution in [0.5, 0.6) is 5.75 Å². The molecule has 3 rings (SSSR count). The molecule has 5 nitrogen and oxygen atoms in total. The van der Waals surface area contributed by atoms with Crippen molar-refractivity contribution >= 4 is 11.6 Å². The monoisotopic (exact) mass is 352 g/mol. The Morgan fingerprint density at radius 2 is 1.96 bits per heavy atom. The van der Waals surface area contributed by atoms with Gasteiger partial charge in [0.05, 0.1) is 6.04 Å². The first-order chi connectivity index (χ1) is 12.7. The van der Waals surface area contributed by atoms with Crippen molar-refractivity contribution in [2.24, 2.45) is 4.99 Å². The number of phenols is 1. The largest absolute Gasteiger partial charge is 0.508 e. The molecule has 5 heteroatoms. The number of benzene rings is 1. The van der Waals surface area contributed by atoms with Crippen molar-refractivity contribution in [2.75, 3.05) is 18.4 Å². The zero-order valence-electron chi connectivity index (χ0n) is 15.4. The summed E-state index contributed by atoms with van der Waals surface area (Å²) in [6.45, 7) is 3.90. The Bertz CT molecular complexity index is 694. The number of phenolic OH excluding ortho intramolecular Hbond substituents is 1. The van der Waals surface area contributed by atoms with Crippen LogP contribution >= 0.6 is 0 Å². The fourth-order valence-electron chi connectivity index (χ4n) is 3.28. The molecule has 1 saturated carbocycles. The van der Waals surface area contributed by atoms with E-state index in [0.717, 1.165) is 36.9 Å². The number of guanidine groups is 1. The van der Waals surface area contributed by atoms with Gasteiger partial charge in [-0.1, -0.05) is 18.9 Å². The molecule has 0 spiro atoms. The van der Waals surface area contributed by atoms with E-state index in [1.54, 1.807) is 12.1 Å². The predicted molar refractivity (Wildman–Crippen MR) is 107 cm³/mol. The molecule has 1 aromatic heterocycles. The second-order valence-corrected chi connectivity index (χ2v) is 6.71. The number of aliphatic imine (C=N–C) groups is 1. The van der Waals surface area contributed by atoms with Crippen LogP contribution in [0.4, 0.5) is 5.69 Å². The SMILES string of the molecule is CCN(CCc1ccccn1)C(=NC1CCCC1)Nc1ccc(O)cc1. The van der Waals surface area contributed by atoms with Crippen molar-refractivity contribution in [1.82, 2.24) is 9.88 Å². The molecule has 1 aliphatic rings. The summed E-state index contributed by atoms with van der Waals surface area (Å²) in [5.41, 5.74) is 2.03. The average Bonchev–Trinajstić information content (AvgIpc) is 3.18. The lowest BCUT2D eigenvalue weighted by Gasteiger charge is -2.26. The van der Waals surface area contributed by atoms with Crippen LogP contribution in [-0.4, -0.2) is 40.1 Å². The number of anilines is 1. The van der Waals surface area contributed by atoms with Crippen LogP contribution in [0.1, 0.15) is 38.3 Å². The van der Waals surface area contributed by atoms with Crippen molar-refractivity contribution in [3.05, 3.63) is 54.4 Å². The molecule has 1 aliphatic carbocycles. The van der Waals surface area contributed by atoms with Gasteiger partial charge in [-0.05, 0) is 56.2 Å². The smallest absolute Gasteiger partial charge is 0.198 e.